The molecule has 4 rings (SSSR count). The van der Waals surface area contributed by atoms with Gasteiger partial charge >= 0.3 is 5.97 Å². The van der Waals surface area contributed by atoms with E-state index in [1.807, 2.05) is 60.7 Å². The van der Waals surface area contributed by atoms with E-state index in [2.05, 4.69) is 4.98 Å². The molecule has 0 saturated heterocycles. The number of para-hydroxylation sites is 1. The number of carboxylic acids is 1. The topological polar surface area (TPSA) is 89.4 Å². The highest BCUT2D eigenvalue weighted by molar-refractivity contribution is 5.98. The Morgan fingerprint density at radius 2 is 1.76 bits per heavy atom. The van der Waals surface area contributed by atoms with Crippen LogP contribution in [-0.4, -0.2) is 16.1 Å². The van der Waals surface area contributed by atoms with Crippen LogP contribution in [0.5, 0.6) is 0 Å². The first-order chi connectivity index (χ1) is 12.2. The lowest BCUT2D eigenvalue weighted by atomic mass is 10.1. The van der Waals surface area contributed by atoms with Gasteiger partial charge in [-0.05, 0) is 17.7 Å². The summed E-state index contributed by atoms with van der Waals surface area (Å²) >= 11 is 0. The summed E-state index contributed by atoms with van der Waals surface area (Å²) in [6.45, 7) is 0.640. The van der Waals surface area contributed by atoms with E-state index in [1.54, 1.807) is 0 Å². The second-order valence-electron chi connectivity index (χ2n) is 5.50. The predicted molar refractivity (Wildman–Crippen MR) is 96.3 cm³/mol. The number of fused-ring (bicyclic) bond motifs is 3. The molecule has 0 aromatic heterocycles. The van der Waals surface area contributed by atoms with Crippen LogP contribution in [0.4, 0.5) is 0 Å². The molecular formula is C20H18N2O3. The molecule has 0 fully saturated rings. The first kappa shape index (κ1) is 16.7. The SMILES string of the molecule is NCc1ccccc1.O=C(O)Cc1occc2c3ccccc3nc1-2. The number of carboxylic acid groups (broad SMARTS) is 1. The van der Waals surface area contributed by atoms with Gasteiger partial charge in [0.15, 0.2) is 0 Å². The molecule has 0 aliphatic carbocycles. The fraction of sp³-hybridized carbons (Fsp3) is 0.100. The Morgan fingerprint density at radius 1 is 1.04 bits per heavy atom. The van der Waals surface area contributed by atoms with Crippen molar-refractivity contribution in [1.29, 1.82) is 0 Å². The third kappa shape index (κ3) is 3.84. The molecule has 25 heavy (non-hydrogen) atoms. The monoisotopic (exact) mass is 334 g/mol. The van der Waals surface area contributed by atoms with Crippen molar-refractivity contribution in [2.45, 2.75) is 13.0 Å². The second-order valence-corrected chi connectivity index (χ2v) is 5.50. The average molecular weight is 334 g/mol. The molecule has 2 aromatic carbocycles. The number of aliphatic carboxylic acids is 1. The van der Waals surface area contributed by atoms with E-state index in [1.165, 1.54) is 11.8 Å². The van der Waals surface area contributed by atoms with E-state index in [0.717, 1.165) is 16.5 Å². The van der Waals surface area contributed by atoms with E-state index in [4.69, 9.17) is 15.3 Å². The van der Waals surface area contributed by atoms with Gasteiger partial charge in [0.05, 0.1) is 11.8 Å². The maximum Gasteiger partial charge on any atom is 0.311 e. The van der Waals surface area contributed by atoms with E-state index < -0.39 is 5.97 Å². The Morgan fingerprint density at radius 3 is 2.44 bits per heavy atom. The number of nitrogens with zero attached hydrogens (tertiary/aromatic N) is 1. The summed E-state index contributed by atoms with van der Waals surface area (Å²) in [5, 5.41) is 9.83. The molecule has 0 radical (unpaired) electrons. The van der Waals surface area contributed by atoms with Gasteiger partial charge in [-0.15, -0.1) is 0 Å². The Hall–Kier alpha value is -3.18. The van der Waals surface area contributed by atoms with Crippen molar-refractivity contribution in [3.8, 4) is 11.3 Å². The smallest absolute Gasteiger partial charge is 0.311 e. The molecule has 0 spiro atoms. The minimum Gasteiger partial charge on any atom is -0.481 e. The average Bonchev–Trinajstić information content (AvgIpc) is 3.02. The van der Waals surface area contributed by atoms with Gasteiger partial charge in [-0.1, -0.05) is 48.5 Å². The fourth-order valence-electron chi connectivity index (χ4n) is 2.61. The molecule has 2 aromatic rings. The lowest BCUT2D eigenvalue weighted by Gasteiger charge is -2.02. The maximum atomic E-state index is 10.7. The molecule has 2 heterocycles. The van der Waals surface area contributed by atoms with Gasteiger partial charge in [0.2, 0.25) is 0 Å². The van der Waals surface area contributed by atoms with Crippen molar-refractivity contribution in [2.24, 2.45) is 5.73 Å². The minimum absolute atomic E-state index is 0.152. The normalized spacial score (nSPS) is 10.4. The summed E-state index contributed by atoms with van der Waals surface area (Å²) in [5.41, 5.74) is 8.96. The molecule has 2 aliphatic rings. The molecule has 0 atom stereocenters. The van der Waals surface area contributed by atoms with Crippen LogP contribution in [0.3, 0.4) is 0 Å². The van der Waals surface area contributed by atoms with E-state index in [9.17, 15) is 4.79 Å². The number of hydrogen-bond donors (Lipinski definition) is 2. The zero-order valence-corrected chi connectivity index (χ0v) is 13.6. The summed E-state index contributed by atoms with van der Waals surface area (Å²) in [7, 11) is 0. The first-order valence-electron chi connectivity index (χ1n) is 7.89. The van der Waals surface area contributed by atoms with E-state index >= 15 is 0 Å². The van der Waals surface area contributed by atoms with Crippen molar-refractivity contribution >= 4 is 16.9 Å². The van der Waals surface area contributed by atoms with Crippen LogP contribution in [0.15, 0.2) is 71.3 Å². The number of hydrogen-bond acceptors (Lipinski definition) is 4. The molecule has 5 heteroatoms. The molecule has 0 saturated carbocycles. The second kappa shape index (κ2) is 7.59. The van der Waals surface area contributed by atoms with Gasteiger partial charge in [-0.3, -0.25) is 4.79 Å². The highest BCUT2D eigenvalue weighted by Crippen LogP contribution is 2.33. The Labute approximate surface area is 145 Å². The summed E-state index contributed by atoms with van der Waals surface area (Å²) in [6, 6.07) is 19.5. The Bertz CT molecular complexity index is 948. The minimum atomic E-state index is -0.923. The van der Waals surface area contributed by atoms with Crippen molar-refractivity contribution in [3.63, 3.8) is 0 Å². The van der Waals surface area contributed by atoms with Gasteiger partial charge in [-0.2, -0.15) is 0 Å². The molecule has 126 valence electrons. The van der Waals surface area contributed by atoms with Crippen LogP contribution in [0.2, 0.25) is 0 Å². The zero-order valence-electron chi connectivity index (χ0n) is 13.6. The van der Waals surface area contributed by atoms with Crippen molar-refractivity contribution in [2.75, 3.05) is 0 Å². The lowest BCUT2D eigenvalue weighted by Crippen LogP contribution is -2.01. The standard InChI is InChI=1S/C13H9NO3.C7H9N/c15-12(16)7-11-13-9(5-6-17-11)8-3-1-2-4-10(8)14-13;8-6-7-4-2-1-3-5-7/h1-6H,7H2,(H,15,16);1-5H,6,8H2. The van der Waals surface area contributed by atoms with Crippen molar-refractivity contribution in [1.82, 2.24) is 4.98 Å². The van der Waals surface area contributed by atoms with Crippen molar-refractivity contribution in [3.05, 3.63) is 78.3 Å². The van der Waals surface area contributed by atoms with Gasteiger partial charge in [0.25, 0.3) is 0 Å². The van der Waals surface area contributed by atoms with Crippen LogP contribution in [0.25, 0.3) is 22.2 Å². The number of rotatable bonds is 3. The fourth-order valence-corrected chi connectivity index (χ4v) is 2.61. The van der Waals surface area contributed by atoms with Gasteiger partial charge < -0.3 is 15.3 Å². The highest BCUT2D eigenvalue weighted by atomic mass is 16.4. The largest absolute Gasteiger partial charge is 0.481 e. The van der Waals surface area contributed by atoms with E-state index in [0.29, 0.717) is 18.0 Å². The van der Waals surface area contributed by atoms with Crippen LogP contribution >= 0.6 is 0 Å². The molecular weight excluding hydrogens is 316 g/mol. The van der Waals surface area contributed by atoms with Crippen molar-refractivity contribution < 1.29 is 14.3 Å². The predicted octanol–water partition coefficient (Wildman–Crippen LogP) is 3.71. The summed E-state index contributed by atoms with van der Waals surface area (Å²) in [5.74, 6) is -0.528. The molecule has 3 N–H and O–H groups in total. The van der Waals surface area contributed by atoms with Gasteiger partial charge in [-0.25, -0.2) is 4.98 Å². The van der Waals surface area contributed by atoms with Gasteiger partial charge in [0.1, 0.15) is 17.9 Å². The maximum absolute atomic E-state index is 10.7. The van der Waals surface area contributed by atoms with Gasteiger partial charge in [0, 0.05) is 17.5 Å². The highest BCUT2D eigenvalue weighted by Gasteiger charge is 2.18. The number of benzene rings is 2. The van der Waals surface area contributed by atoms with Crippen LogP contribution in [-0.2, 0) is 17.8 Å². The zero-order chi connectivity index (χ0) is 17.6. The number of aromatic nitrogens is 1. The third-order valence-electron chi connectivity index (χ3n) is 3.78. The number of carbonyl (C=O) groups is 1. The Balaban J connectivity index is 0.000000192. The first-order valence-corrected chi connectivity index (χ1v) is 7.89. The third-order valence-corrected chi connectivity index (χ3v) is 3.78. The summed E-state index contributed by atoms with van der Waals surface area (Å²) < 4.78 is 5.24. The quantitative estimate of drug-likeness (QED) is 0.596. The summed E-state index contributed by atoms with van der Waals surface area (Å²) in [6.07, 6.45) is 1.36. The van der Waals surface area contributed by atoms with Crippen LogP contribution in [0.1, 0.15) is 11.3 Å². The van der Waals surface area contributed by atoms with Crippen LogP contribution in [0, 0.1) is 0 Å². The lowest BCUT2D eigenvalue weighted by molar-refractivity contribution is -0.136. The molecule has 5 nitrogen and oxygen atoms in total. The molecule has 0 unspecified atom stereocenters. The molecule has 0 bridgehead atoms. The Kier molecular flexibility index (Phi) is 5.06. The van der Waals surface area contributed by atoms with Crippen LogP contribution < -0.4 is 5.73 Å². The summed E-state index contributed by atoms with van der Waals surface area (Å²) in [4.78, 5) is 15.2. The molecule has 2 aliphatic heterocycles. The molecule has 0 amide bonds. The van der Waals surface area contributed by atoms with E-state index in [-0.39, 0.29) is 6.42 Å². The number of nitrogens with two attached hydrogens (primary N) is 1.